The summed E-state index contributed by atoms with van der Waals surface area (Å²) < 4.78 is 0. The molecule has 0 aliphatic carbocycles. The van der Waals surface area contributed by atoms with E-state index in [0.717, 1.165) is 23.3 Å². The standard InChI is InChI=1S/C17H18N4/c1-21(11-14-7-3-2-6-13(14)10-18)17-15-8-4-5-9-16(15)19-12-20-17/h2-9,12H,10-11,18H2,1H3. The second-order valence-corrected chi connectivity index (χ2v) is 5.04. The van der Waals surface area contributed by atoms with Gasteiger partial charge in [0.15, 0.2) is 0 Å². The van der Waals surface area contributed by atoms with Crippen LogP contribution in [0, 0.1) is 0 Å². The van der Waals surface area contributed by atoms with Crippen molar-refractivity contribution in [3.8, 4) is 0 Å². The fourth-order valence-corrected chi connectivity index (χ4v) is 2.54. The van der Waals surface area contributed by atoms with Gasteiger partial charge in [-0.3, -0.25) is 0 Å². The van der Waals surface area contributed by atoms with Gasteiger partial charge in [-0.2, -0.15) is 0 Å². The molecule has 0 amide bonds. The maximum Gasteiger partial charge on any atom is 0.139 e. The first-order valence-corrected chi connectivity index (χ1v) is 6.97. The second kappa shape index (κ2) is 5.89. The first kappa shape index (κ1) is 13.5. The van der Waals surface area contributed by atoms with Crippen LogP contribution in [0.15, 0.2) is 54.9 Å². The van der Waals surface area contributed by atoms with Crippen LogP contribution in [-0.4, -0.2) is 17.0 Å². The van der Waals surface area contributed by atoms with Gasteiger partial charge in [0.1, 0.15) is 12.1 Å². The Morgan fingerprint density at radius 1 is 0.952 bits per heavy atom. The Balaban J connectivity index is 1.96. The van der Waals surface area contributed by atoms with Crippen molar-refractivity contribution in [3.63, 3.8) is 0 Å². The third-order valence-electron chi connectivity index (χ3n) is 3.63. The SMILES string of the molecule is CN(Cc1ccccc1CN)c1ncnc2ccccc12. The number of rotatable bonds is 4. The highest BCUT2D eigenvalue weighted by Crippen LogP contribution is 2.23. The van der Waals surface area contributed by atoms with E-state index < -0.39 is 0 Å². The predicted octanol–water partition coefficient (Wildman–Crippen LogP) is 2.72. The Hall–Kier alpha value is -2.46. The molecular weight excluding hydrogens is 260 g/mol. The summed E-state index contributed by atoms with van der Waals surface area (Å²) in [5, 5.41) is 1.06. The summed E-state index contributed by atoms with van der Waals surface area (Å²) in [6, 6.07) is 16.3. The van der Waals surface area contributed by atoms with Crippen LogP contribution in [0.1, 0.15) is 11.1 Å². The number of aromatic nitrogens is 2. The first-order chi connectivity index (χ1) is 10.3. The van der Waals surface area contributed by atoms with E-state index in [1.54, 1.807) is 6.33 Å². The maximum atomic E-state index is 5.81. The molecule has 0 saturated heterocycles. The average molecular weight is 278 g/mol. The highest BCUT2D eigenvalue weighted by molar-refractivity contribution is 5.89. The molecule has 1 heterocycles. The summed E-state index contributed by atoms with van der Waals surface area (Å²) in [5.74, 6) is 0.937. The van der Waals surface area contributed by atoms with Gasteiger partial charge in [-0.25, -0.2) is 9.97 Å². The van der Waals surface area contributed by atoms with Crippen molar-refractivity contribution < 1.29 is 0 Å². The van der Waals surface area contributed by atoms with Gasteiger partial charge < -0.3 is 10.6 Å². The quantitative estimate of drug-likeness (QED) is 0.797. The van der Waals surface area contributed by atoms with Crippen LogP contribution in [0.5, 0.6) is 0 Å². The molecule has 0 unspecified atom stereocenters. The van der Waals surface area contributed by atoms with E-state index in [9.17, 15) is 0 Å². The van der Waals surface area contributed by atoms with Gasteiger partial charge in [-0.15, -0.1) is 0 Å². The van der Waals surface area contributed by atoms with Gasteiger partial charge in [0.25, 0.3) is 0 Å². The number of para-hydroxylation sites is 1. The highest BCUT2D eigenvalue weighted by atomic mass is 15.2. The zero-order valence-corrected chi connectivity index (χ0v) is 12.0. The molecule has 0 aliphatic rings. The van der Waals surface area contributed by atoms with Gasteiger partial charge in [0.05, 0.1) is 5.52 Å². The number of nitrogens with zero attached hydrogens (tertiary/aromatic N) is 3. The fraction of sp³-hybridized carbons (Fsp3) is 0.176. The molecule has 106 valence electrons. The molecule has 0 saturated carbocycles. The van der Waals surface area contributed by atoms with Crippen molar-refractivity contribution in [1.82, 2.24) is 9.97 Å². The Labute approximate surface area is 124 Å². The molecule has 0 bridgehead atoms. The number of nitrogens with two attached hydrogens (primary N) is 1. The van der Waals surface area contributed by atoms with E-state index in [-0.39, 0.29) is 0 Å². The Morgan fingerprint density at radius 3 is 2.48 bits per heavy atom. The predicted molar refractivity (Wildman–Crippen MR) is 86.0 cm³/mol. The lowest BCUT2D eigenvalue weighted by molar-refractivity contribution is 0.878. The molecule has 0 aliphatic heterocycles. The van der Waals surface area contributed by atoms with Gasteiger partial charge in [-0.05, 0) is 23.3 Å². The first-order valence-electron chi connectivity index (χ1n) is 6.97. The van der Waals surface area contributed by atoms with Crippen LogP contribution in [0.4, 0.5) is 5.82 Å². The van der Waals surface area contributed by atoms with Crippen LogP contribution >= 0.6 is 0 Å². The maximum absolute atomic E-state index is 5.81. The van der Waals surface area contributed by atoms with E-state index in [1.165, 1.54) is 11.1 Å². The average Bonchev–Trinajstić information content (AvgIpc) is 2.54. The van der Waals surface area contributed by atoms with Crippen molar-refractivity contribution in [2.75, 3.05) is 11.9 Å². The van der Waals surface area contributed by atoms with Crippen LogP contribution in [0.25, 0.3) is 10.9 Å². The lowest BCUT2D eigenvalue weighted by atomic mass is 10.1. The molecule has 0 radical (unpaired) electrons. The number of hydrogen-bond donors (Lipinski definition) is 1. The summed E-state index contributed by atoms with van der Waals surface area (Å²) in [6.07, 6.45) is 1.61. The number of fused-ring (bicyclic) bond motifs is 1. The molecule has 2 aromatic carbocycles. The number of anilines is 1. The fourth-order valence-electron chi connectivity index (χ4n) is 2.54. The molecule has 3 aromatic rings. The summed E-state index contributed by atoms with van der Waals surface area (Å²) >= 11 is 0. The Kier molecular flexibility index (Phi) is 3.79. The molecule has 0 spiro atoms. The molecule has 2 N–H and O–H groups in total. The van der Waals surface area contributed by atoms with E-state index in [1.807, 2.05) is 37.4 Å². The van der Waals surface area contributed by atoms with Gasteiger partial charge >= 0.3 is 0 Å². The van der Waals surface area contributed by atoms with E-state index in [4.69, 9.17) is 5.73 Å². The summed E-state index contributed by atoms with van der Waals surface area (Å²) in [5.41, 5.74) is 9.17. The molecule has 0 fully saturated rings. The van der Waals surface area contributed by atoms with Crippen molar-refractivity contribution in [1.29, 1.82) is 0 Å². The molecule has 4 heteroatoms. The summed E-state index contributed by atoms with van der Waals surface area (Å²) in [6.45, 7) is 1.32. The summed E-state index contributed by atoms with van der Waals surface area (Å²) in [7, 11) is 2.04. The lowest BCUT2D eigenvalue weighted by Gasteiger charge is -2.21. The zero-order chi connectivity index (χ0) is 14.7. The summed E-state index contributed by atoms with van der Waals surface area (Å²) in [4.78, 5) is 10.9. The highest BCUT2D eigenvalue weighted by Gasteiger charge is 2.10. The smallest absolute Gasteiger partial charge is 0.139 e. The molecule has 0 atom stereocenters. The van der Waals surface area contributed by atoms with Crippen LogP contribution in [0.3, 0.4) is 0 Å². The molecule has 3 rings (SSSR count). The minimum Gasteiger partial charge on any atom is -0.355 e. The van der Waals surface area contributed by atoms with Crippen molar-refractivity contribution in [2.24, 2.45) is 5.73 Å². The van der Waals surface area contributed by atoms with E-state index in [2.05, 4.69) is 33.1 Å². The zero-order valence-electron chi connectivity index (χ0n) is 12.0. The lowest BCUT2D eigenvalue weighted by Crippen LogP contribution is -2.19. The van der Waals surface area contributed by atoms with E-state index in [0.29, 0.717) is 6.54 Å². The van der Waals surface area contributed by atoms with Crippen LogP contribution in [0.2, 0.25) is 0 Å². The van der Waals surface area contributed by atoms with Gasteiger partial charge in [-0.1, -0.05) is 36.4 Å². The van der Waals surface area contributed by atoms with Crippen LogP contribution < -0.4 is 10.6 Å². The monoisotopic (exact) mass is 278 g/mol. The normalized spacial score (nSPS) is 10.8. The molecule has 21 heavy (non-hydrogen) atoms. The van der Waals surface area contributed by atoms with Crippen molar-refractivity contribution >= 4 is 16.7 Å². The molecular formula is C17H18N4. The molecule has 1 aromatic heterocycles. The number of benzene rings is 2. The second-order valence-electron chi connectivity index (χ2n) is 5.04. The van der Waals surface area contributed by atoms with Gasteiger partial charge in [0.2, 0.25) is 0 Å². The van der Waals surface area contributed by atoms with E-state index >= 15 is 0 Å². The Bertz CT molecular complexity index is 749. The van der Waals surface area contributed by atoms with Gasteiger partial charge in [0, 0.05) is 25.5 Å². The topological polar surface area (TPSA) is 55.0 Å². The third-order valence-corrected chi connectivity index (χ3v) is 3.63. The largest absolute Gasteiger partial charge is 0.355 e. The molecule has 4 nitrogen and oxygen atoms in total. The van der Waals surface area contributed by atoms with Crippen LogP contribution in [-0.2, 0) is 13.1 Å². The van der Waals surface area contributed by atoms with Crippen molar-refractivity contribution in [3.05, 3.63) is 66.0 Å². The van der Waals surface area contributed by atoms with Crippen molar-refractivity contribution in [2.45, 2.75) is 13.1 Å². The minimum absolute atomic E-state index is 0.550. The third kappa shape index (κ3) is 2.71. The Morgan fingerprint density at radius 2 is 1.67 bits per heavy atom. The minimum atomic E-state index is 0.550. The number of hydrogen-bond acceptors (Lipinski definition) is 4.